The molecule has 1 atom stereocenters. The van der Waals surface area contributed by atoms with Crippen molar-refractivity contribution in [1.29, 1.82) is 0 Å². The molecular formula is C13H22ClN3O. The van der Waals surface area contributed by atoms with E-state index in [0.717, 1.165) is 18.5 Å². The van der Waals surface area contributed by atoms with Crippen LogP contribution in [0.2, 0.25) is 0 Å². The third kappa shape index (κ3) is 3.25. The number of amides is 1. The second-order valence-electron chi connectivity index (χ2n) is 4.69. The predicted octanol–water partition coefficient (Wildman–Crippen LogP) is 2.60. The molecule has 0 bridgehead atoms. The molecular weight excluding hydrogens is 250 g/mol. The van der Waals surface area contributed by atoms with Crippen molar-refractivity contribution in [3.8, 4) is 0 Å². The van der Waals surface area contributed by atoms with Crippen LogP contribution in [0.5, 0.6) is 0 Å². The van der Waals surface area contributed by atoms with Gasteiger partial charge in [-0.15, -0.1) is 11.6 Å². The van der Waals surface area contributed by atoms with Gasteiger partial charge in [0, 0.05) is 12.4 Å². The van der Waals surface area contributed by atoms with E-state index in [1.54, 1.807) is 4.68 Å². The van der Waals surface area contributed by atoms with Crippen molar-refractivity contribution in [3.63, 3.8) is 0 Å². The number of nitrogens with one attached hydrogen (secondary N) is 1. The molecule has 1 unspecified atom stereocenters. The number of nitrogens with zero attached hydrogens (tertiary/aromatic N) is 2. The van der Waals surface area contributed by atoms with E-state index in [1.807, 2.05) is 33.8 Å². The largest absolute Gasteiger partial charge is 0.344 e. The summed E-state index contributed by atoms with van der Waals surface area (Å²) < 4.78 is 1.73. The number of halogens is 1. The van der Waals surface area contributed by atoms with Crippen molar-refractivity contribution in [3.05, 3.63) is 17.5 Å². The monoisotopic (exact) mass is 271 g/mol. The molecule has 0 spiro atoms. The lowest BCUT2D eigenvalue weighted by Gasteiger charge is -2.27. The van der Waals surface area contributed by atoms with Gasteiger partial charge in [-0.05, 0) is 32.8 Å². The highest BCUT2D eigenvalue weighted by Gasteiger charge is 2.25. The summed E-state index contributed by atoms with van der Waals surface area (Å²) in [5.41, 5.74) is 1.18. The summed E-state index contributed by atoms with van der Waals surface area (Å²) in [6.45, 7) is 8.65. The summed E-state index contributed by atoms with van der Waals surface area (Å²) in [5.74, 6) is 0.296. The Morgan fingerprint density at radius 2 is 2.17 bits per heavy atom. The first-order valence-corrected chi connectivity index (χ1v) is 6.98. The first kappa shape index (κ1) is 15.0. The molecule has 0 aliphatic rings. The molecule has 4 nitrogen and oxygen atoms in total. The number of rotatable bonds is 6. The van der Waals surface area contributed by atoms with Crippen LogP contribution in [0.3, 0.4) is 0 Å². The minimum absolute atomic E-state index is 0.103. The van der Waals surface area contributed by atoms with Gasteiger partial charge >= 0.3 is 0 Å². The van der Waals surface area contributed by atoms with Gasteiger partial charge in [0.2, 0.25) is 0 Å². The van der Waals surface area contributed by atoms with Crippen LogP contribution in [-0.2, 0) is 13.0 Å². The van der Waals surface area contributed by atoms with Crippen molar-refractivity contribution in [2.45, 2.75) is 52.6 Å². The van der Waals surface area contributed by atoms with E-state index in [4.69, 9.17) is 11.6 Å². The van der Waals surface area contributed by atoms with Gasteiger partial charge in [-0.25, -0.2) is 0 Å². The number of carbonyl (C=O) groups excluding carboxylic acids is 1. The first-order valence-electron chi connectivity index (χ1n) is 6.44. The van der Waals surface area contributed by atoms with Gasteiger partial charge in [-0.2, -0.15) is 5.10 Å². The predicted molar refractivity (Wildman–Crippen MR) is 74.2 cm³/mol. The molecule has 18 heavy (non-hydrogen) atoms. The van der Waals surface area contributed by atoms with Crippen LogP contribution in [0, 0.1) is 0 Å². The highest BCUT2D eigenvalue weighted by Crippen LogP contribution is 2.13. The van der Waals surface area contributed by atoms with Crippen molar-refractivity contribution in [2.75, 3.05) is 5.88 Å². The van der Waals surface area contributed by atoms with Crippen molar-refractivity contribution in [2.24, 2.45) is 0 Å². The summed E-state index contributed by atoms with van der Waals surface area (Å²) in [5, 5.41) is 7.36. The fourth-order valence-electron chi connectivity index (χ4n) is 1.62. The van der Waals surface area contributed by atoms with Gasteiger partial charge < -0.3 is 5.32 Å². The fraction of sp³-hybridized carbons (Fsp3) is 0.692. The lowest BCUT2D eigenvalue weighted by molar-refractivity contribution is 0.0901. The molecule has 1 amide bonds. The number of hydrogen-bond donors (Lipinski definition) is 1. The van der Waals surface area contributed by atoms with E-state index in [9.17, 15) is 4.79 Å². The van der Waals surface area contributed by atoms with E-state index in [2.05, 4.69) is 10.4 Å². The zero-order chi connectivity index (χ0) is 13.8. The average molecular weight is 272 g/mol. The second-order valence-corrected chi connectivity index (χ2v) is 4.96. The lowest BCUT2D eigenvalue weighted by atomic mass is 10.0. The number of aromatic nitrogens is 2. The van der Waals surface area contributed by atoms with Crippen molar-refractivity contribution < 1.29 is 4.79 Å². The van der Waals surface area contributed by atoms with Crippen LogP contribution >= 0.6 is 11.6 Å². The van der Waals surface area contributed by atoms with Crippen molar-refractivity contribution >= 4 is 17.5 Å². The highest BCUT2D eigenvalue weighted by molar-refractivity contribution is 6.18. The lowest BCUT2D eigenvalue weighted by Crippen LogP contribution is -2.47. The molecule has 0 aromatic carbocycles. The summed E-state index contributed by atoms with van der Waals surface area (Å²) >= 11 is 5.91. The second kappa shape index (κ2) is 6.23. The highest BCUT2D eigenvalue weighted by atomic mass is 35.5. The fourth-order valence-corrected chi connectivity index (χ4v) is 1.88. The molecule has 1 rings (SSSR count). The molecule has 1 aromatic heterocycles. The Bertz CT molecular complexity index is 410. The Labute approximate surface area is 114 Å². The molecule has 0 aliphatic heterocycles. The van der Waals surface area contributed by atoms with Gasteiger partial charge in [0.15, 0.2) is 0 Å². The molecule has 1 heterocycles. The van der Waals surface area contributed by atoms with E-state index < -0.39 is 0 Å². The Morgan fingerprint density at radius 3 is 2.61 bits per heavy atom. The van der Waals surface area contributed by atoms with Crippen LogP contribution < -0.4 is 5.32 Å². The maximum Gasteiger partial charge on any atom is 0.270 e. The molecule has 0 saturated heterocycles. The number of aryl methyl sites for hydroxylation is 2. The Hall–Kier alpha value is -1.03. The van der Waals surface area contributed by atoms with E-state index in [0.29, 0.717) is 18.1 Å². The molecule has 0 saturated carbocycles. The van der Waals surface area contributed by atoms with Crippen LogP contribution in [0.4, 0.5) is 0 Å². The van der Waals surface area contributed by atoms with Gasteiger partial charge in [-0.1, -0.05) is 13.8 Å². The van der Waals surface area contributed by atoms with Gasteiger partial charge in [0.05, 0.1) is 11.2 Å². The van der Waals surface area contributed by atoms with E-state index in [1.165, 1.54) is 0 Å². The van der Waals surface area contributed by atoms with E-state index >= 15 is 0 Å². The van der Waals surface area contributed by atoms with Crippen LogP contribution in [0.25, 0.3) is 0 Å². The standard InChI is InChI=1S/C13H22ClN3O/c1-5-10-8-11(17(7-3)16-10)12(18)15-13(4,6-2)9-14/h8H,5-7,9H2,1-4H3,(H,15,18). The van der Waals surface area contributed by atoms with Crippen LogP contribution in [0.15, 0.2) is 6.07 Å². The van der Waals surface area contributed by atoms with Crippen LogP contribution in [0.1, 0.15) is 50.3 Å². The SMILES string of the molecule is CCc1cc(C(=O)NC(C)(CC)CCl)n(CC)n1. The molecule has 1 aromatic rings. The third-order valence-electron chi connectivity index (χ3n) is 3.22. The molecule has 5 heteroatoms. The zero-order valence-electron chi connectivity index (χ0n) is 11.6. The number of hydrogen-bond acceptors (Lipinski definition) is 2. The van der Waals surface area contributed by atoms with E-state index in [-0.39, 0.29) is 11.4 Å². The smallest absolute Gasteiger partial charge is 0.270 e. The molecule has 0 radical (unpaired) electrons. The average Bonchev–Trinajstić information content (AvgIpc) is 2.81. The third-order valence-corrected chi connectivity index (χ3v) is 3.81. The van der Waals surface area contributed by atoms with Crippen LogP contribution in [-0.4, -0.2) is 27.1 Å². The van der Waals surface area contributed by atoms with Gasteiger partial charge in [0.25, 0.3) is 5.91 Å². The van der Waals surface area contributed by atoms with Crippen molar-refractivity contribution in [1.82, 2.24) is 15.1 Å². The first-order chi connectivity index (χ1) is 8.49. The quantitative estimate of drug-likeness (QED) is 0.809. The van der Waals surface area contributed by atoms with Gasteiger partial charge in [0.1, 0.15) is 5.69 Å². The maximum atomic E-state index is 12.3. The maximum absolute atomic E-state index is 12.3. The molecule has 0 fully saturated rings. The topological polar surface area (TPSA) is 46.9 Å². The Kier molecular flexibility index (Phi) is 5.20. The Morgan fingerprint density at radius 1 is 1.50 bits per heavy atom. The number of carbonyl (C=O) groups is 1. The Balaban J connectivity index is 2.93. The summed E-state index contributed by atoms with van der Waals surface area (Å²) in [6, 6.07) is 1.85. The zero-order valence-corrected chi connectivity index (χ0v) is 12.3. The molecule has 1 N–H and O–H groups in total. The summed E-state index contributed by atoms with van der Waals surface area (Å²) in [7, 11) is 0. The summed E-state index contributed by atoms with van der Waals surface area (Å²) in [4.78, 5) is 12.3. The van der Waals surface area contributed by atoms with Gasteiger partial charge in [-0.3, -0.25) is 9.48 Å². The minimum Gasteiger partial charge on any atom is -0.344 e. The molecule has 102 valence electrons. The summed E-state index contributed by atoms with van der Waals surface area (Å²) in [6.07, 6.45) is 1.62. The normalized spacial score (nSPS) is 14.3. The molecule has 0 aliphatic carbocycles. The number of alkyl halides is 1. The minimum atomic E-state index is -0.367.